The molecular weight excluding hydrogens is 522 g/mol. The van der Waals surface area contributed by atoms with Gasteiger partial charge in [-0.05, 0) is 95.8 Å². The van der Waals surface area contributed by atoms with E-state index in [1.807, 2.05) is 12.2 Å². The second kappa shape index (κ2) is 9.21. The summed E-state index contributed by atoms with van der Waals surface area (Å²) in [5.41, 5.74) is 14.8. The Morgan fingerprint density at radius 1 is 0.744 bits per heavy atom. The molecule has 0 aliphatic heterocycles. The van der Waals surface area contributed by atoms with E-state index in [1.54, 1.807) is 6.08 Å². The highest BCUT2D eigenvalue weighted by Gasteiger charge is 2.38. The third-order valence-corrected chi connectivity index (χ3v) is 9.42. The predicted octanol–water partition coefficient (Wildman–Crippen LogP) is 11.3. The van der Waals surface area contributed by atoms with E-state index >= 15 is 0 Å². The summed E-state index contributed by atoms with van der Waals surface area (Å²) in [4.78, 5) is 0. The zero-order valence-corrected chi connectivity index (χ0v) is 25.0. The standard InChI is InChI=1S/C41H33NO/c1-6-7-12-37-26(3)32-24-28(16-22-38(32)43-37)27-14-17-29(18-15-27)42-35-20-13-25(2)23-33(35)39-36(42)21-19-31-30-10-8-9-11-34(30)41(4,5)40(31)39/h6-24H,1H2,2-5H3/b12-7-. The number of fused-ring (bicyclic) bond motifs is 8. The van der Waals surface area contributed by atoms with Gasteiger partial charge in [0.2, 0.25) is 0 Å². The Morgan fingerprint density at radius 3 is 2.33 bits per heavy atom. The maximum atomic E-state index is 6.08. The average molecular weight is 556 g/mol. The van der Waals surface area contributed by atoms with Gasteiger partial charge in [0.25, 0.3) is 0 Å². The third-order valence-electron chi connectivity index (χ3n) is 9.42. The first kappa shape index (κ1) is 25.6. The lowest BCUT2D eigenvalue weighted by Gasteiger charge is -2.22. The molecule has 2 aromatic heterocycles. The molecule has 1 aliphatic rings. The molecule has 0 bridgehead atoms. The number of allylic oxidation sites excluding steroid dienone is 2. The predicted molar refractivity (Wildman–Crippen MR) is 182 cm³/mol. The molecule has 2 heterocycles. The molecule has 8 rings (SSSR count). The zero-order chi connectivity index (χ0) is 29.5. The van der Waals surface area contributed by atoms with Crippen molar-refractivity contribution in [2.45, 2.75) is 33.1 Å². The molecule has 2 heteroatoms. The van der Waals surface area contributed by atoms with Crippen LogP contribution in [-0.4, -0.2) is 4.57 Å². The second-order valence-corrected chi connectivity index (χ2v) is 12.4. The van der Waals surface area contributed by atoms with E-state index in [2.05, 4.69) is 136 Å². The summed E-state index contributed by atoms with van der Waals surface area (Å²) in [7, 11) is 0. The normalized spacial score (nSPS) is 13.8. The number of aromatic nitrogens is 1. The number of aryl methyl sites for hydroxylation is 2. The van der Waals surface area contributed by atoms with Crippen molar-refractivity contribution in [1.82, 2.24) is 4.57 Å². The van der Waals surface area contributed by atoms with Gasteiger partial charge in [0.15, 0.2) is 0 Å². The van der Waals surface area contributed by atoms with Crippen LogP contribution in [0.4, 0.5) is 0 Å². The van der Waals surface area contributed by atoms with Gasteiger partial charge in [-0.15, -0.1) is 0 Å². The van der Waals surface area contributed by atoms with Crippen molar-refractivity contribution in [3.05, 3.63) is 144 Å². The SMILES string of the molecule is C=C/C=C\c1oc2ccc(-c3ccc(-n4c5ccc(C)cc5c5c6c(ccc54)-c4ccccc4C6(C)C)cc3)cc2c1C. The van der Waals surface area contributed by atoms with E-state index in [0.717, 1.165) is 22.3 Å². The van der Waals surface area contributed by atoms with E-state index in [-0.39, 0.29) is 5.41 Å². The summed E-state index contributed by atoms with van der Waals surface area (Å²) < 4.78 is 8.52. The van der Waals surface area contributed by atoms with Crippen molar-refractivity contribution in [3.63, 3.8) is 0 Å². The lowest BCUT2D eigenvalue weighted by atomic mass is 9.80. The summed E-state index contributed by atoms with van der Waals surface area (Å²) >= 11 is 0. The quantitative estimate of drug-likeness (QED) is 0.198. The molecule has 1 aliphatic carbocycles. The molecule has 2 nitrogen and oxygen atoms in total. The molecule has 208 valence electrons. The Morgan fingerprint density at radius 2 is 1.51 bits per heavy atom. The second-order valence-electron chi connectivity index (χ2n) is 12.4. The lowest BCUT2D eigenvalue weighted by molar-refractivity contribution is 0.601. The summed E-state index contributed by atoms with van der Waals surface area (Å²) in [5.74, 6) is 0.877. The molecule has 7 aromatic rings. The minimum absolute atomic E-state index is 0.0800. The van der Waals surface area contributed by atoms with Gasteiger partial charge >= 0.3 is 0 Å². The monoisotopic (exact) mass is 555 g/mol. The highest BCUT2D eigenvalue weighted by atomic mass is 16.3. The summed E-state index contributed by atoms with van der Waals surface area (Å²) in [6.07, 6.45) is 5.65. The average Bonchev–Trinajstić information content (AvgIpc) is 3.60. The van der Waals surface area contributed by atoms with Gasteiger partial charge in [-0.25, -0.2) is 0 Å². The van der Waals surface area contributed by atoms with E-state index < -0.39 is 0 Å². The minimum Gasteiger partial charge on any atom is -0.456 e. The molecule has 0 atom stereocenters. The smallest absolute Gasteiger partial charge is 0.135 e. The largest absolute Gasteiger partial charge is 0.456 e. The summed E-state index contributed by atoms with van der Waals surface area (Å²) in [5, 5.41) is 3.82. The van der Waals surface area contributed by atoms with Crippen LogP contribution in [0.1, 0.15) is 41.9 Å². The molecule has 5 aromatic carbocycles. The van der Waals surface area contributed by atoms with Gasteiger partial charge in [0.05, 0.1) is 11.0 Å². The molecule has 0 saturated carbocycles. The Kier molecular flexibility index (Phi) is 5.49. The lowest BCUT2D eigenvalue weighted by Crippen LogP contribution is -2.15. The van der Waals surface area contributed by atoms with Gasteiger partial charge in [-0.1, -0.05) is 92.7 Å². The van der Waals surface area contributed by atoms with Crippen molar-refractivity contribution < 1.29 is 4.42 Å². The molecule has 0 amide bonds. The van der Waals surface area contributed by atoms with Gasteiger partial charge < -0.3 is 8.98 Å². The van der Waals surface area contributed by atoms with Crippen LogP contribution >= 0.6 is 0 Å². The number of furan rings is 1. The van der Waals surface area contributed by atoms with Crippen molar-refractivity contribution in [1.29, 1.82) is 0 Å². The van der Waals surface area contributed by atoms with E-state index in [4.69, 9.17) is 4.42 Å². The van der Waals surface area contributed by atoms with Crippen molar-refractivity contribution in [2.75, 3.05) is 0 Å². The minimum atomic E-state index is -0.0800. The molecule has 0 saturated heterocycles. The number of rotatable bonds is 4. The third kappa shape index (κ3) is 3.66. The van der Waals surface area contributed by atoms with Crippen LogP contribution in [0, 0.1) is 13.8 Å². The van der Waals surface area contributed by atoms with E-state index in [1.165, 1.54) is 66.4 Å². The maximum absolute atomic E-state index is 6.08. The van der Waals surface area contributed by atoms with Crippen LogP contribution in [0.2, 0.25) is 0 Å². The molecule has 43 heavy (non-hydrogen) atoms. The van der Waals surface area contributed by atoms with E-state index in [0.29, 0.717) is 0 Å². The Bertz CT molecular complexity index is 2290. The number of hydrogen-bond donors (Lipinski definition) is 0. The highest BCUT2D eigenvalue weighted by molar-refractivity contribution is 6.14. The van der Waals surface area contributed by atoms with Crippen LogP contribution in [0.3, 0.4) is 0 Å². The van der Waals surface area contributed by atoms with Gasteiger partial charge in [0, 0.05) is 32.8 Å². The fraction of sp³-hybridized carbons (Fsp3) is 0.122. The highest BCUT2D eigenvalue weighted by Crippen LogP contribution is 2.53. The molecule has 0 spiro atoms. The topological polar surface area (TPSA) is 18.1 Å². The van der Waals surface area contributed by atoms with Gasteiger partial charge in [0.1, 0.15) is 11.3 Å². The number of hydrogen-bond acceptors (Lipinski definition) is 1. The summed E-state index contributed by atoms with van der Waals surface area (Å²) in [6.45, 7) is 12.8. The number of nitrogens with zero attached hydrogens (tertiary/aromatic N) is 1. The van der Waals surface area contributed by atoms with Crippen LogP contribution < -0.4 is 0 Å². The maximum Gasteiger partial charge on any atom is 0.135 e. The van der Waals surface area contributed by atoms with Crippen molar-refractivity contribution >= 4 is 38.9 Å². The van der Waals surface area contributed by atoms with Gasteiger partial charge in [-0.2, -0.15) is 0 Å². The zero-order valence-electron chi connectivity index (χ0n) is 25.0. The molecular formula is C41H33NO. The Balaban J connectivity index is 1.29. The number of benzene rings is 5. The van der Waals surface area contributed by atoms with Crippen LogP contribution in [-0.2, 0) is 5.41 Å². The van der Waals surface area contributed by atoms with Crippen molar-refractivity contribution in [2.24, 2.45) is 0 Å². The Hall–Kier alpha value is -5.08. The first-order chi connectivity index (χ1) is 20.9. The van der Waals surface area contributed by atoms with Crippen LogP contribution in [0.15, 0.2) is 120 Å². The molecule has 0 N–H and O–H groups in total. The van der Waals surface area contributed by atoms with Crippen LogP contribution in [0.5, 0.6) is 0 Å². The Labute approximate surface area is 252 Å². The van der Waals surface area contributed by atoms with E-state index in [9.17, 15) is 0 Å². The van der Waals surface area contributed by atoms with Crippen molar-refractivity contribution in [3.8, 4) is 27.9 Å². The summed E-state index contributed by atoms with van der Waals surface area (Å²) in [6, 6.07) is 35.9. The first-order valence-corrected chi connectivity index (χ1v) is 15.0. The molecule has 0 fully saturated rings. The van der Waals surface area contributed by atoms with Gasteiger partial charge in [-0.3, -0.25) is 0 Å². The molecule has 0 radical (unpaired) electrons. The van der Waals surface area contributed by atoms with Crippen LogP contribution in [0.25, 0.3) is 66.8 Å². The fourth-order valence-corrected chi connectivity index (χ4v) is 7.31. The fourth-order valence-electron chi connectivity index (χ4n) is 7.31. The molecule has 0 unspecified atom stereocenters. The first-order valence-electron chi connectivity index (χ1n) is 15.0.